The number of benzene rings is 1. The third kappa shape index (κ3) is 9.79. The predicted molar refractivity (Wildman–Crippen MR) is 104 cm³/mol. The molecule has 1 aromatic carbocycles. The van der Waals surface area contributed by atoms with Crippen molar-refractivity contribution < 1.29 is 8.42 Å². The van der Waals surface area contributed by atoms with Crippen molar-refractivity contribution in [3.8, 4) is 0 Å². The second-order valence-corrected chi connectivity index (χ2v) is 8.16. The normalized spacial score (nSPS) is 12.2. The maximum absolute atomic E-state index is 12.0. The van der Waals surface area contributed by atoms with Crippen LogP contribution < -0.4 is 15.4 Å². The van der Waals surface area contributed by atoms with Crippen LogP contribution in [0, 0.1) is 0 Å². The molecule has 0 heterocycles. The third-order valence-electron chi connectivity index (χ3n) is 3.29. The van der Waals surface area contributed by atoms with Gasteiger partial charge in [-0.05, 0) is 30.4 Å². The van der Waals surface area contributed by atoms with Crippen LogP contribution in [0.3, 0.4) is 0 Å². The highest BCUT2D eigenvalue weighted by Crippen LogP contribution is 1.99. The van der Waals surface area contributed by atoms with Gasteiger partial charge in [0.25, 0.3) is 0 Å². The lowest BCUT2D eigenvalue weighted by atomic mass is 10.2. The van der Waals surface area contributed by atoms with Gasteiger partial charge in [0.1, 0.15) is 0 Å². The molecule has 0 spiro atoms. The average Bonchev–Trinajstić information content (AvgIpc) is 2.59. The molecule has 136 valence electrons. The van der Waals surface area contributed by atoms with Crippen LogP contribution in [0.1, 0.15) is 18.4 Å². The number of sulfonamides is 1. The summed E-state index contributed by atoms with van der Waals surface area (Å²) in [6, 6.07) is 9.47. The van der Waals surface area contributed by atoms with Gasteiger partial charge in [-0.15, -0.1) is 0 Å². The Morgan fingerprint density at radius 2 is 1.83 bits per heavy atom. The summed E-state index contributed by atoms with van der Waals surface area (Å²) in [6.07, 6.45) is 4.32. The summed E-state index contributed by atoms with van der Waals surface area (Å²) in [6.45, 7) is 1.46. The largest absolute Gasteiger partial charge is 0.356 e. The number of unbranched alkanes of at least 4 members (excludes halogenated alkanes) is 1. The Labute approximate surface area is 150 Å². The van der Waals surface area contributed by atoms with Crippen molar-refractivity contribution in [1.29, 1.82) is 0 Å². The van der Waals surface area contributed by atoms with E-state index in [2.05, 4.69) is 26.6 Å². The number of nitrogens with zero attached hydrogens (tertiary/aromatic N) is 1. The van der Waals surface area contributed by atoms with Gasteiger partial charge in [0.05, 0.1) is 5.75 Å². The zero-order chi connectivity index (χ0) is 17.7. The first-order chi connectivity index (χ1) is 11.6. The van der Waals surface area contributed by atoms with Gasteiger partial charge in [-0.3, -0.25) is 4.99 Å². The Kier molecular flexibility index (Phi) is 10.5. The summed E-state index contributed by atoms with van der Waals surface area (Å²) in [4.78, 5) is 4.09. The molecule has 0 atom stereocenters. The van der Waals surface area contributed by atoms with Gasteiger partial charge in [0.2, 0.25) is 10.0 Å². The third-order valence-corrected chi connectivity index (χ3v) is 5.32. The van der Waals surface area contributed by atoms with Crippen molar-refractivity contribution in [2.75, 3.05) is 37.9 Å². The van der Waals surface area contributed by atoms with Crippen LogP contribution >= 0.6 is 11.8 Å². The first-order valence-electron chi connectivity index (χ1n) is 8.02. The van der Waals surface area contributed by atoms with E-state index in [0.29, 0.717) is 19.0 Å². The molecule has 0 unspecified atom stereocenters. The van der Waals surface area contributed by atoms with E-state index in [-0.39, 0.29) is 5.75 Å². The van der Waals surface area contributed by atoms with E-state index in [4.69, 9.17) is 0 Å². The summed E-state index contributed by atoms with van der Waals surface area (Å²) in [5, 5.41) is 6.22. The van der Waals surface area contributed by atoms with Crippen molar-refractivity contribution in [3.05, 3.63) is 35.9 Å². The Balaban J connectivity index is 2.23. The van der Waals surface area contributed by atoms with Gasteiger partial charge in [-0.25, -0.2) is 13.1 Å². The van der Waals surface area contributed by atoms with Crippen LogP contribution in [0.4, 0.5) is 0 Å². The lowest BCUT2D eigenvalue weighted by molar-refractivity contribution is 0.580. The summed E-state index contributed by atoms with van der Waals surface area (Å²) < 4.78 is 26.6. The summed E-state index contributed by atoms with van der Waals surface area (Å²) in [5.41, 5.74) is 0.941. The van der Waals surface area contributed by atoms with Crippen LogP contribution in [-0.4, -0.2) is 52.3 Å². The second-order valence-electron chi connectivity index (χ2n) is 5.25. The maximum Gasteiger partial charge on any atom is 0.213 e. The van der Waals surface area contributed by atoms with Crippen LogP contribution in [-0.2, 0) is 16.6 Å². The fraction of sp³-hybridized carbons (Fsp3) is 0.562. The molecule has 0 radical (unpaired) electrons. The first-order valence-corrected chi connectivity index (χ1v) is 11.1. The Bertz CT molecular complexity index is 577. The highest BCUT2D eigenvalue weighted by molar-refractivity contribution is 7.98. The molecule has 0 aromatic heterocycles. The molecule has 0 saturated heterocycles. The first kappa shape index (κ1) is 20.8. The van der Waals surface area contributed by atoms with E-state index in [0.717, 1.165) is 30.7 Å². The number of thioether (sulfide) groups is 1. The number of rotatable bonds is 11. The van der Waals surface area contributed by atoms with E-state index >= 15 is 0 Å². The molecule has 1 aromatic rings. The minimum Gasteiger partial charge on any atom is -0.356 e. The van der Waals surface area contributed by atoms with Crippen LogP contribution in [0.25, 0.3) is 0 Å². The minimum absolute atomic E-state index is 0.00695. The lowest BCUT2D eigenvalue weighted by Gasteiger charge is -2.12. The van der Waals surface area contributed by atoms with Crippen molar-refractivity contribution in [3.63, 3.8) is 0 Å². The fourth-order valence-corrected chi connectivity index (χ4v) is 3.36. The van der Waals surface area contributed by atoms with Gasteiger partial charge in [-0.2, -0.15) is 11.8 Å². The Morgan fingerprint density at radius 1 is 1.12 bits per heavy atom. The molecule has 0 fully saturated rings. The quantitative estimate of drug-likeness (QED) is 0.311. The summed E-state index contributed by atoms with van der Waals surface area (Å²) >= 11 is 1.84. The van der Waals surface area contributed by atoms with Gasteiger partial charge >= 0.3 is 0 Å². The number of guanidine groups is 1. The maximum atomic E-state index is 12.0. The van der Waals surface area contributed by atoms with Gasteiger partial charge < -0.3 is 10.6 Å². The van der Waals surface area contributed by atoms with Gasteiger partial charge in [-0.1, -0.05) is 30.3 Å². The Morgan fingerprint density at radius 3 is 2.50 bits per heavy atom. The highest BCUT2D eigenvalue weighted by Gasteiger charge is 2.10. The van der Waals surface area contributed by atoms with E-state index in [1.54, 1.807) is 7.05 Å². The van der Waals surface area contributed by atoms with Crippen molar-refractivity contribution in [2.45, 2.75) is 19.4 Å². The average molecular weight is 373 g/mol. The topological polar surface area (TPSA) is 82.6 Å². The van der Waals surface area contributed by atoms with E-state index < -0.39 is 10.0 Å². The number of nitrogens with one attached hydrogen (secondary N) is 3. The summed E-state index contributed by atoms with van der Waals surface area (Å²) in [7, 11) is -1.63. The second kappa shape index (κ2) is 12.2. The summed E-state index contributed by atoms with van der Waals surface area (Å²) in [5.74, 6) is 1.80. The monoisotopic (exact) mass is 372 g/mol. The highest BCUT2D eigenvalue weighted by atomic mass is 32.2. The number of aliphatic imine (C=N–C) groups is 1. The van der Waals surface area contributed by atoms with Crippen molar-refractivity contribution in [2.24, 2.45) is 4.99 Å². The molecule has 3 N–H and O–H groups in total. The molecule has 0 aliphatic rings. The zero-order valence-corrected chi connectivity index (χ0v) is 16.0. The number of hydrogen-bond donors (Lipinski definition) is 3. The standard InChI is InChI=1S/C16H28N4O2S2/c1-17-16(18-10-6-7-12-23-2)19-11-13-24(21,22)20-14-15-8-4-3-5-9-15/h3-5,8-9,20H,6-7,10-14H2,1-2H3,(H2,17,18,19). The number of hydrogen-bond acceptors (Lipinski definition) is 4. The molecule has 0 aliphatic heterocycles. The molecule has 0 saturated carbocycles. The molecule has 0 bridgehead atoms. The molecular formula is C16H28N4O2S2. The molecule has 1 rings (SSSR count). The van der Waals surface area contributed by atoms with E-state index in [1.165, 1.54) is 0 Å². The minimum atomic E-state index is -3.31. The van der Waals surface area contributed by atoms with Crippen molar-refractivity contribution >= 4 is 27.7 Å². The Hall–Kier alpha value is -1.25. The van der Waals surface area contributed by atoms with Crippen LogP contribution in [0.15, 0.2) is 35.3 Å². The molecule has 0 amide bonds. The zero-order valence-electron chi connectivity index (χ0n) is 14.4. The smallest absolute Gasteiger partial charge is 0.213 e. The van der Waals surface area contributed by atoms with E-state index in [9.17, 15) is 8.42 Å². The molecule has 24 heavy (non-hydrogen) atoms. The van der Waals surface area contributed by atoms with Gasteiger partial charge in [0, 0.05) is 26.7 Å². The molecule has 0 aliphatic carbocycles. The molecule has 8 heteroatoms. The van der Waals surface area contributed by atoms with Crippen molar-refractivity contribution in [1.82, 2.24) is 15.4 Å². The van der Waals surface area contributed by atoms with Crippen LogP contribution in [0.5, 0.6) is 0 Å². The fourth-order valence-electron chi connectivity index (χ4n) is 1.96. The van der Waals surface area contributed by atoms with E-state index in [1.807, 2.05) is 42.1 Å². The van der Waals surface area contributed by atoms with Crippen LogP contribution in [0.2, 0.25) is 0 Å². The lowest BCUT2D eigenvalue weighted by Crippen LogP contribution is -2.41. The predicted octanol–water partition coefficient (Wildman–Crippen LogP) is 1.41. The van der Waals surface area contributed by atoms with Gasteiger partial charge in [0.15, 0.2) is 5.96 Å². The molecule has 6 nitrogen and oxygen atoms in total. The SMILES string of the molecule is CN=C(NCCCCSC)NCCS(=O)(=O)NCc1ccccc1. The molecular weight excluding hydrogens is 344 g/mol.